The molecule has 10 rings (SSSR count). The van der Waals surface area contributed by atoms with E-state index in [1.54, 1.807) is 0 Å². The van der Waals surface area contributed by atoms with E-state index >= 15 is 0 Å². The van der Waals surface area contributed by atoms with E-state index in [-0.39, 0.29) is 5.92 Å². The fourth-order valence-electron chi connectivity index (χ4n) is 8.05. The lowest BCUT2D eigenvalue weighted by Gasteiger charge is -2.21. The van der Waals surface area contributed by atoms with E-state index in [4.69, 9.17) is 15.0 Å². The Morgan fingerprint density at radius 2 is 0.655 bits per heavy atom. The highest BCUT2D eigenvalue weighted by Gasteiger charge is 2.32. The predicted molar refractivity (Wildman–Crippen MR) is 225 cm³/mol. The molecule has 3 nitrogen and oxygen atoms in total. The van der Waals surface area contributed by atoms with Crippen molar-refractivity contribution in [1.82, 2.24) is 15.0 Å². The first-order valence-corrected chi connectivity index (χ1v) is 18.7. The van der Waals surface area contributed by atoms with Crippen LogP contribution in [0.25, 0.3) is 78.7 Å². The molecule has 0 radical (unpaired) electrons. The summed E-state index contributed by atoms with van der Waals surface area (Å²) in [6.07, 6.45) is 0. The van der Waals surface area contributed by atoms with Crippen LogP contribution in [0.4, 0.5) is 0 Å². The van der Waals surface area contributed by atoms with Gasteiger partial charge in [0.05, 0.1) is 0 Å². The summed E-state index contributed by atoms with van der Waals surface area (Å²) in [5.41, 5.74) is 16.1. The molecule has 3 heteroatoms. The van der Waals surface area contributed by atoms with E-state index in [1.807, 2.05) is 36.4 Å². The fraction of sp³-hybridized carbons (Fsp3) is 0.0192. The Bertz CT molecular complexity index is 2690. The van der Waals surface area contributed by atoms with Gasteiger partial charge in [-0.25, -0.2) is 15.0 Å². The Labute approximate surface area is 321 Å². The first-order chi connectivity index (χ1) is 27.3. The van der Waals surface area contributed by atoms with Gasteiger partial charge in [-0.3, -0.25) is 0 Å². The van der Waals surface area contributed by atoms with Crippen LogP contribution >= 0.6 is 0 Å². The Morgan fingerprint density at radius 1 is 0.236 bits per heavy atom. The number of hydrogen-bond donors (Lipinski definition) is 0. The summed E-state index contributed by atoms with van der Waals surface area (Å²) in [4.78, 5) is 15.7. The topological polar surface area (TPSA) is 38.7 Å². The van der Waals surface area contributed by atoms with Gasteiger partial charge in [-0.1, -0.05) is 194 Å². The third-order valence-corrected chi connectivity index (χ3v) is 10.7. The molecule has 258 valence electrons. The number of fused-ring (bicyclic) bond motifs is 3. The van der Waals surface area contributed by atoms with Gasteiger partial charge in [0.15, 0.2) is 17.5 Å². The molecule has 0 atom stereocenters. The van der Waals surface area contributed by atoms with Crippen LogP contribution in [0.15, 0.2) is 206 Å². The zero-order chi connectivity index (χ0) is 36.6. The van der Waals surface area contributed by atoms with Crippen LogP contribution in [0.2, 0.25) is 0 Å². The summed E-state index contributed by atoms with van der Waals surface area (Å²) < 4.78 is 0. The van der Waals surface area contributed by atoms with Crippen LogP contribution in [0, 0.1) is 0 Å². The number of aromatic nitrogens is 3. The molecule has 55 heavy (non-hydrogen) atoms. The van der Waals surface area contributed by atoms with Crippen molar-refractivity contribution in [2.24, 2.45) is 0 Å². The van der Waals surface area contributed by atoms with Crippen molar-refractivity contribution in [3.05, 3.63) is 223 Å². The maximum absolute atomic E-state index is 5.30. The number of benzene rings is 8. The molecule has 0 aliphatic heterocycles. The highest BCUT2D eigenvalue weighted by molar-refractivity contribution is 5.90. The third kappa shape index (κ3) is 6.02. The minimum absolute atomic E-state index is 0.00203. The van der Waals surface area contributed by atoms with Crippen molar-refractivity contribution in [3.8, 4) is 78.7 Å². The van der Waals surface area contributed by atoms with Crippen LogP contribution in [0.3, 0.4) is 0 Å². The zero-order valence-electron chi connectivity index (χ0n) is 30.0. The Balaban J connectivity index is 1.26. The number of rotatable bonds is 7. The van der Waals surface area contributed by atoms with Crippen molar-refractivity contribution in [2.45, 2.75) is 5.92 Å². The molecule has 1 heterocycles. The summed E-state index contributed by atoms with van der Waals surface area (Å²) in [6, 6.07) is 73.0. The van der Waals surface area contributed by atoms with Gasteiger partial charge >= 0.3 is 0 Å². The maximum atomic E-state index is 5.30. The smallest absolute Gasteiger partial charge is 0.164 e. The molecule has 0 saturated heterocycles. The van der Waals surface area contributed by atoms with Crippen LogP contribution in [-0.4, -0.2) is 15.0 Å². The summed E-state index contributed by atoms with van der Waals surface area (Å²) in [5, 5.41) is 0. The second-order valence-corrected chi connectivity index (χ2v) is 13.9. The molecule has 1 aliphatic carbocycles. The highest BCUT2D eigenvalue weighted by atomic mass is 15.0. The first-order valence-electron chi connectivity index (χ1n) is 18.7. The minimum atomic E-state index is -0.00203. The van der Waals surface area contributed by atoms with Crippen LogP contribution in [-0.2, 0) is 0 Å². The van der Waals surface area contributed by atoms with Gasteiger partial charge in [0.2, 0.25) is 0 Å². The highest BCUT2D eigenvalue weighted by Crippen LogP contribution is 2.50. The molecule has 0 N–H and O–H groups in total. The summed E-state index contributed by atoms with van der Waals surface area (Å²) >= 11 is 0. The summed E-state index contributed by atoms with van der Waals surface area (Å²) in [6.45, 7) is 0. The normalized spacial score (nSPS) is 11.9. The Morgan fingerprint density at radius 3 is 1.22 bits per heavy atom. The number of hydrogen-bond acceptors (Lipinski definition) is 3. The van der Waals surface area contributed by atoms with Crippen molar-refractivity contribution in [1.29, 1.82) is 0 Å². The Kier molecular flexibility index (Phi) is 8.23. The monoisotopic (exact) mass is 701 g/mol. The van der Waals surface area contributed by atoms with Gasteiger partial charge in [0.25, 0.3) is 0 Å². The van der Waals surface area contributed by atoms with E-state index in [9.17, 15) is 0 Å². The molecule has 8 aromatic carbocycles. The van der Waals surface area contributed by atoms with Gasteiger partial charge in [-0.2, -0.15) is 0 Å². The molecular formula is C52H35N3. The predicted octanol–water partition coefficient (Wildman–Crippen LogP) is 13.0. The van der Waals surface area contributed by atoms with Crippen molar-refractivity contribution >= 4 is 0 Å². The standard InChI is InChI=1S/C52H35N3/c1-5-17-35(18-6-1)39-29-31-41(36-19-7-2-8-20-36)47(33-39)40-30-32-46(49-44-27-15-13-25-42(44)43-26-14-16-28-45(43)49)48(34-40)52-54-50(37-21-9-3-10-22-37)53-51(55-52)38-23-11-4-12-24-38/h1-34,49H. The van der Waals surface area contributed by atoms with E-state index < -0.39 is 0 Å². The molecule has 9 aromatic rings. The molecule has 0 amide bonds. The lowest BCUT2D eigenvalue weighted by Crippen LogP contribution is -2.06. The zero-order valence-corrected chi connectivity index (χ0v) is 30.0. The average Bonchev–Trinajstić information content (AvgIpc) is 3.61. The fourth-order valence-corrected chi connectivity index (χ4v) is 8.05. The maximum Gasteiger partial charge on any atom is 0.164 e. The molecule has 0 bridgehead atoms. The SMILES string of the molecule is c1ccc(-c2ccc(-c3ccccc3)c(-c3ccc(C4c5ccccc5-c5ccccc54)c(-c4nc(-c5ccccc5)nc(-c5ccccc5)n4)c3)c2)cc1. The molecule has 0 spiro atoms. The molecule has 0 saturated carbocycles. The Hall–Kier alpha value is -7.23. The van der Waals surface area contributed by atoms with Crippen molar-refractivity contribution in [2.75, 3.05) is 0 Å². The summed E-state index contributed by atoms with van der Waals surface area (Å²) in [5.74, 6) is 1.93. The van der Waals surface area contributed by atoms with Crippen LogP contribution < -0.4 is 0 Å². The third-order valence-electron chi connectivity index (χ3n) is 10.7. The van der Waals surface area contributed by atoms with Crippen molar-refractivity contribution in [3.63, 3.8) is 0 Å². The van der Waals surface area contributed by atoms with Gasteiger partial charge in [0, 0.05) is 22.6 Å². The molecule has 0 fully saturated rings. The second kappa shape index (κ2) is 14.0. The second-order valence-electron chi connectivity index (χ2n) is 13.9. The molecular weight excluding hydrogens is 667 g/mol. The van der Waals surface area contributed by atoms with Gasteiger partial charge in [-0.05, 0) is 73.3 Å². The van der Waals surface area contributed by atoms with Crippen LogP contribution in [0.1, 0.15) is 22.6 Å². The number of nitrogens with zero attached hydrogens (tertiary/aromatic N) is 3. The van der Waals surface area contributed by atoms with Gasteiger partial charge in [-0.15, -0.1) is 0 Å². The lowest BCUT2D eigenvalue weighted by molar-refractivity contribution is 1.00. The van der Waals surface area contributed by atoms with E-state index in [1.165, 1.54) is 38.9 Å². The van der Waals surface area contributed by atoms with E-state index in [0.29, 0.717) is 17.5 Å². The van der Waals surface area contributed by atoms with E-state index in [2.05, 4.69) is 170 Å². The largest absolute Gasteiger partial charge is 0.208 e. The molecule has 1 aromatic heterocycles. The average molecular weight is 702 g/mol. The molecule has 1 aliphatic rings. The summed E-state index contributed by atoms with van der Waals surface area (Å²) in [7, 11) is 0. The minimum Gasteiger partial charge on any atom is -0.208 e. The van der Waals surface area contributed by atoms with Gasteiger partial charge < -0.3 is 0 Å². The molecule has 0 unspecified atom stereocenters. The van der Waals surface area contributed by atoms with E-state index in [0.717, 1.165) is 38.9 Å². The lowest BCUT2D eigenvalue weighted by atomic mass is 9.83. The quantitative estimate of drug-likeness (QED) is 0.166. The van der Waals surface area contributed by atoms with Gasteiger partial charge in [0.1, 0.15) is 0 Å². The van der Waals surface area contributed by atoms with Crippen LogP contribution in [0.5, 0.6) is 0 Å². The van der Waals surface area contributed by atoms with Crippen molar-refractivity contribution < 1.29 is 0 Å². The first kappa shape index (κ1) is 32.4.